The van der Waals surface area contributed by atoms with E-state index >= 15 is 0 Å². The van der Waals surface area contributed by atoms with Crippen LogP contribution in [0.5, 0.6) is 0 Å². The van der Waals surface area contributed by atoms with Crippen molar-refractivity contribution in [2.45, 2.75) is 51.0 Å². The molecule has 1 atom stereocenters. The van der Waals surface area contributed by atoms with Crippen molar-refractivity contribution in [3.05, 3.63) is 83.7 Å². The molecule has 0 bridgehead atoms. The Morgan fingerprint density at radius 1 is 1.03 bits per heavy atom. The van der Waals surface area contributed by atoms with E-state index in [0.29, 0.717) is 23.2 Å². The minimum Gasteiger partial charge on any atom is -0.481 e. The van der Waals surface area contributed by atoms with Gasteiger partial charge in [0, 0.05) is 5.56 Å². The van der Waals surface area contributed by atoms with Gasteiger partial charge in [-0.2, -0.15) is 0 Å². The van der Waals surface area contributed by atoms with Crippen LogP contribution >= 0.6 is 0 Å². The molecule has 3 aromatic carbocycles. The monoisotopic (exact) mass is 481 g/mol. The normalized spacial score (nSPS) is 15.5. The number of carboxylic acid groups (broad SMARTS) is 1. The van der Waals surface area contributed by atoms with Crippen LogP contribution in [0.15, 0.2) is 71.6 Å². The lowest BCUT2D eigenvalue weighted by atomic mass is 9.83. The summed E-state index contributed by atoms with van der Waals surface area (Å²) in [4.78, 5) is 11.5. The van der Waals surface area contributed by atoms with Crippen LogP contribution in [-0.2, 0) is 21.2 Å². The molecule has 4 rings (SSSR count). The average molecular weight is 482 g/mol. The van der Waals surface area contributed by atoms with Crippen molar-refractivity contribution in [1.82, 2.24) is 0 Å². The summed E-state index contributed by atoms with van der Waals surface area (Å²) in [6.45, 7) is 5.51. The van der Waals surface area contributed by atoms with E-state index in [4.69, 9.17) is 0 Å². The molecule has 1 aliphatic rings. The van der Waals surface area contributed by atoms with E-state index in [1.807, 2.05) is 32.9 Å². The Bertz CT molecular complexity index is 1350. The molecule has 1 aliphatic heterocycles. The minimum atomic E-state index is -4.06. The van der Waals surface area contributed by atoms with Gasteiger partial charge >= 0.3 is 5.97 Å². The maximum Gasteiger partial charge on any atom is 0.303 e. The van der Waals surface area contributed by atoms with Crippen LogP contribution in [0, 0.1) is 11.2 Å². The molecule has 0 amide bonds. The highest BCUT2D eigenvalue weighted by molar-refractivity contribution is 7.93. The lowest BCUT2D eigenvalue weighted by Gasteiger charge is -2.39. The Hall–Kier alpha value is -3.19. The smallest absolute Gasteiger partial charge is 0.303 e. The molecule has 7 heteroatoms. The zero-order valence-corrected chi connectivity index (χ0v) is 20.3. The number of nitrogens with zero attached hydrogens (tertiary/aromatic N) is 1. The quantitative estimate of drug-likeness (QED) is 0.436. The number of hydrogen-bond donors (Lipinski definition) is 1. The van der Waals surface area contributed by atoms with Crippen molar-refractivity contribution in [2.24, 2.45) is 5.41 Å². The lowest BCUT2D eigenvalue weighted by molar-refractivity contribution is -0.139. The molecular weight excluding hydrogens is 453 g/mol. The molecule has 1 unspecified atom stereocenters. The van der Waals surface area contributed by atoms with Crippen molar-refractivity contribution >= 4 is 21.7 Å². The lowest BCUT2D eigenvalue weighted by Crippen LogP contribution is -2.38. The zero-order valence-electron chi connectivity index (χ0n) is 19.5. The van der Waals surface area contributed by atoms with E-state index < -0.39 is 33.3 Å². The average Bonchev–Trinajstić information content (AvgIpc) is 2.76. The maximum atomic E-state index is 14.3. The maximum absolute atomic E-state index is 14.3. The van der Waals surface area contributed by atoms with Crippen LogP contribution in [0.4, 0.5) is 10.1 Å². The van der Waals surface area contributed by atoms with Gasteiger partial charge in [-0.1, -0.05) is 63.2 Å². The molecule has 1 N–H and O–H groups in total. The molecule has 0 aliphatic carbocycles. The number of benzene rings is 3. The first-order chi connectivity index (χ1) is 16.0. The van der Waals surface area contributed by atoms with Crippen molar-refractivity contribution in [3.63, 3.8) is 0 Å². The Morgan fingerprint density at radius 2 is 1.71 bits per heavy atom. The number of fused-ring (bicyclic) bond motifs is 3. The third kappa shape index (κ3) is 4.32. The number of rotatable bonds is 7. The fraction of sp³-hybridized carbons (Fsp3) is 0.296. The zero-order chi connectivity index (χ0) is 24.7. The molecule has 5 nitrogen and oxygen atoms in total. The number of para-hydroxylation sites is 1. The molecule has 0 aromatic heterocycles. The van der Waals surface area contributed by atoms with Crippen LogP contribution in [-0.4, -0.2) is 19.5 Å². The van der Waals surface area contributed by atoms with Gasteiger partial charge in [-0.25, -0.2) is 12.8 Å². The third-order valence-corrected chi connectivity index (χ3v) is 8.21. The summed E-state index contributed by atoms with van der Waals surface area (Å²) in [6, 6.07) is 17.9. The van der Waals surface area contributed by atoms with Gasteiger partial charge in [0.05, 0.1) is 23.0 Å². The first-order valence-corrected chi connectivity index (χ1v) is 12.7. The fourth-order valence-electron chi connectivity index (χ4n) is 4.92. The largest absolute Gasteiger partial charge is 0.481 e. The van der Waals surface area contributed by atoms with Gasteiger partial charge in [0.1, 0.15) is 5.82 Å². The van der Waals surface area contributed by atoms with E-state index in [2.05, 4.69) is 0 Å². The molecule has 178 valence electrons. The van der Waals surface area contributed by atoms with Crippen molar-refractivity contribution in [3.8, 4) is 11.1 Å². The second kappa shape index (κ2) is 8.87. The highest BCUT2D eigenvalue weighted by Crippen LogP contribution is 2.48. The predicted octanol–water partition coefficient (Wildman–Crippen LogP) is 6.20. The highest BCUT2D eigenvalue weighted by atomic mass is 32.2. The van der Waals surface area contributed by atoms with Gasteiger partial charge in [-0.3, -0.25) is 9.10 Å². The third-order valence-electron chi connectivity index (χ3n) is 6.28. The van der Waals surface area contributed by atoms with Crippen LogP contribution in [0.1, 0.15) is 50.8 Å². The van der Waals surface area contributed by atoms with Gasteiger partial charge in [0.25, 0.3) is 10.0 Å². The SMILES string of the molecule is CCC1c2cc(F)ccc2-c2ccccc2N1S(=O)(=O)c1ccccc1CC(C)(C)CC(=O)O. The van der Waals surface area contributed by atoms with Crippen LogP contribution < -0.4 is 4.31 Å². The number of halogens is 1. The molecule has 0 saturated carbocycles. The number of aliphatic carboxylic acids is 1. The summed E-state index contributed by atoms with van der Waals surface area (Å²) in [6.07, 6.45) is 0.654. The van der Waals surface area contributed by atoms with E-state index in [-0.39, 0.29) is 17.7 Å². The predicted molar refractivity (Wildman–Crippen MR) is 131 cm³/mol. The van der Waals surface area contributed by atoms with Gasteiger partial charge in [0.15, 0.2) is 0 Å². The molecular formula is C27H28FNO4S. The number of hydrogen-bond acceptors (Lipinski definition) is 3. The summed E-state index contributed by atoms with van der Waals surface area (Å²) in [7, 11) is -4.06. The molecule has 0 radical (unpaired) electrons. The van der Waals surface area contributed by atoms with Crippen LogP contribution in [0.2, 0.25) is 0 Å². The fourth-order valence-corrected chi connectivity index (χ4v) is 6.87. The Labute approximate surface area is 199 Å². The topological polar surface area (TPSA) is 74.7 Å². The van der Waals surface area contributed by atoms with Crippen LogP contribution in [0.25, 0.3) is 11.1 Å². The summed E-state index contributed by atoms with van der Waals surface area (Å²) < 4.78 is 44.2. The standard InChI is InChI=1S/C27H28FNO4S/c1-4-23-22-15-19(28)13-14-20(22)21-10-6-7-11-24(21)29(23)34(32,33)25-12-8-5-9-18(25)16-27(2,3)17-26(30)31/h5-15,23H,4,16-17H2,1-3H3,(H,30,31). The molecule has 0 saturated heterocycles. The Kier molecular flexibility index (Phi) is 6.25. The van der Waals surface area contributed by atoms with Gasteiger partial charge in [-0.15, -0.1) is 0 Å². The molecule has 1 heterocycles. The van der Waals surface area contributed by atoms with Crippen molar-refractivity contribution < 1.29 is 22.7 Å². The minimum absolute atomic E-state index is 0.0852. The molecule has 0 fully saturated rings. The molecule has 0 spiro atoms. The number of anilines is 1. The summed E-state index contributed by atoms with van der Waals surface area (Å²) in [5, 5.41) is 9.29. The van der Waals surface area contributed by atoms with Gasteiger partial charge < -0.3 is 5.11 Å². The Balaban J connectivity index is 1.89. The van der Waals surface area contributed by atoms with E-state index in [9.17, 15) is 22.7 Å². The second-order valence-corrected chi connectivity index (χ2v) is 11.3. The van der Waals surface area contributed by atoms with E-state index in [1.165, 1.54) is 16.4 Å². The number of carbonyl (C=O) groups is 1. The Morgan fingerprint density at radius 3 is 2.41 bits per heavy atom. The first-order valence-electron chi connectivity index (χ1n) is 11.3. The van der Waals surface area contributed by atoms with Gasteiger partial charge in [-0.05, 0) is 59.2 Å². The van der Waals surface area contributed by atoms with Crippen molar-refractivity contribution in [2.75, 3.05) is 4.31 Å². The van der Waals surface area contributed by atoms with Gasteiger partial charge in [0.2, 0.25) is 0 Å². The number of sulfonamides is 1. The van der Waals surface area contributed by atoms with Crippen LogP contribution in [0.3, 0.4) is 0 Å². The summed E-state index contributed by atoms with van der Waals surface area (Å²) >= 11 is 0. The second-order valence-electron chi connectivity index (χ2n) is 9.49. The summed E-state index contributed by atoms with van der Waals surface area (Å²) in [5.41, 5.74) is 2.66. The molecule has 3 aromatic rings. The first kappa shape index (κ1) is 24.0. The van der Waals surface area contributed by atoms with E-state index in [0.717, 1.165) is 11.1 Å². The number of carboxylic acids is 1. The molecule has 34 heavy (non-hydrogen) atoms. The van der Waals surface area contributed by atoms with E-state index in [1.54, 1.807) is 42.5 Å². The van der Waals surface area contributed by atoms with Crippen molar-refractivity contribution in [1.29, 1.82) is 0 Å². The highest BCUT2D eigenvalue weighted by Gasteiger charge is 2.39. The summed E-state index contributed by atoms with van der Waals surface area (Å²) in [5.74, 6) is -1.34.